The van der Waals surface area contributed by atoms with Gasteiger partial charge in [0, 0.05) is 37.4 Å². The molecule has 3 amide bonds. The van der Waals surface area contributed by atoms with E-state index in [9.17, 15) is 19.6 Å². The first-order chi connectivity index (χ1) is 18.9. The number of carbonyl (C=O) groups excluding carboxylic acids is 3. The molecule has 1 aromatic heterocycles. The monoisotopic (exact) mass is 553 g/mol. The quantitative estimate of drug-likeness (QED) is 0.257. The largest absolute Gasteiger partial charge is 0.489 e. The standard InChI is InChI=1S/C30H43N5O5/c1-20(2)15-26(28(37)33-39)35-13-11-30(29(35)38,18-27(36)31-12-14-34(5)6)24-7-9-25(10-8-24)40-19-23-16-21(3)32-22(4)17-23/h7-10,16-17,20,26,39H,11-15,18-19H2,1-6H3,(H,31,36)(H,33,37). The van der Waals surface area contributed by atoms with Crippen LogP contribution in [0.2, 0.25) is 0 Å². The molecule has 1 aliphatic rings. The Labute approximate surface area is 237 Å². The minimum Gasteiger partial charge on any atom is -0.489 e. The van der Waals surface area contributed by atoms with Crippen LogP contribution in [0.15, 0.2) is 36.4 Å². The van der Waals surface area contributed by atoms with Gasteiger partial charge in [-0.2, -0.15) is 0 Å². The molecule has 0 spiro atoms. The number of aryl methyl sites for hydroxylation is 2. The Morgan fingerprint density at radius 3 is 2.38 bits per heavy atom. The van der Waals surface area contributed by atoms with Crippen molar-refractivity contribution in [1.82, 2.24) is 25.6 Å². The van der Waals surface area contributed by atoms with Gasteiger partial charge in [-0.15, -0.1) is 0 Å². The van der Waals surface area contributed by atoms with E-state index in [1.165, 1.54) is 4.90 Å². The van der Waals surface area contributed by atoms with Gasteiger partial charge in [0.15, 0.2) is 0 Å². The third kappa shape index (κ3) is 7.79. The molecule has 2 aromatic rings. The van der Waals surface area contributed by atoms with Crippen molar-refractivity contribution < 1.29 is 24.3 Å². The molecule has 10 heteroatoms. The van der Waals surface area contributed by atoms with Gasteiger partial charge in [0.05, 0.1) is 5.41 Å². The van der Waals surface area contributed by atoms with Crippen molar-refractivity contribution in [1.29, 1.82) is 0 Å². The fourth-order valence-corrected chi connectivity index (χ4v) is 5.32. The number of likely N-dealkylation sites (tertiary alicyclic amines) is 1. The molecule has 0 saturated carbocycles. The minimum atomic E-state index is -1.13. The van der Waals surface area contributed by atoms with Crippen LogP contribution in [0.25, 0.3) is 0 Å². The lowest BCUT2D eigenvalue weighted by Crippen LogP contribution is -2.51. The predicted octanol–water partition coefficient (Wildman–Crippen LogP) is 2.74. The zero-order chi connectivity index (χ0) is 29.4. The maximum atomic E-state index is 14.1. The zero-order valence-electron chi connectivity index (χ0n) is 24.5. The van der Waals surface area contributed by atoms with E-state index >= 15 is 0 Å². The van der Waals surface area contributed by atoms with Crippen molar-refractivity contribution in [3.05, 3.63) is 58.9 Å². The van der Waals surface area contributed by atoms with Crippen LogP contribution in [0.5, 0.6) is 5.75 Å². The second kappa shape index (κ2) is 13.7. The summed E-state index contributed by atoms with van der Waals surface area (Å²) < 4.78 is 6.00. The Kier molecular flexibility index (Phi) is 10.6. The smallest absolute Gasteiger partial charge is 0.266 e. The van der Waals surface area contributed by atoms with Gasteiger partial charge in [-0.1, -0.05) is 26.0 Å². The lowest BCUT2D eigenvalue weighted by molar-refractivity contribution is -0.145. The molecule has 2 atom stereocenters. The molecule has 1 saturated heterocycles. The number of hydrogen-bond acceptors (Lipinski definition) is 7. The van der Waals surface area contributed by atoms with Gasteiger partial charge in [0.1, 0.15) is 18.4 Å². The summed E-state index contributed by atoms with van der Waals surface area (Å²) >= 11 is 0. The SMILES string of the molecule is Cc1cc(COc2ccc(C3(CC(=O)NCCN(C)C)CCN(C(CC(C)C)C(=O)NO)C3=O)cc2)cc(C)n1. The third-order valence-corrected chi connectivity index (χ3v) is 7.23. The lowest BCUT2D eigenvalue weighted by atomic mass is 9.75. The summed E-state index contributed by atoms with van der Waals surface area (Å²) in [6.45, 7) is 9.61. The number of carbonyl (C=O) groups is 3. The first-order valence-electron chi connectivity index (χ1n) is 13.8. The third-order valence-electron chi connectivity index (χ3n) is 7.23. The number of nitrogens with zero attached hydrogens (tertiary/aromatic N) is 3. The topological polar surface area (TPSA) is 124 Å². The number of pyridine rings is 1. The van der Waals surface area contributed by atoms with Crippen molar-refractivity contribution in [2.24, 2.45) is 5.92 Å². The minimum absolute atomic E-state index is 0.0410. The van der Waals surface area contributed by atoms with Crippen LogP contribution in [0.4, 0.5) is 0 Å². The summed E-state index contributed by atoms with van der Waals surface area (Å²) in [4.78, 5) is 47.6. The summed E-state index contributed by atoms with van der Waals surface area (Å²) in [6, 6.07) is 10.4. The van der Waals surface area contributed by atoms with E-state index in [1.54, 1.807) is 5.48 Å². The van der Waals surface area contributed by atoms with Crippen LogP contribution >= 0.6 is 0 Å². The Bertz CT molecular complexity index is 1160. The maximum Gasteiger partial charge on any atom is 0.266 e. The number of rotatable bonds is 13. The van der Waals surface area contributed by atoms with Crippen molar-refractivity contribution in [2.45, 2.75) is 65.0 Å². The summed E-state index contributed by atoms with van der Waals surface area (Å²) in [5, 5.41) is 12.3. The molecule has 1 aromatic carbocycles. The zero-order valence-corrected chi connectivity index (χ0v) is 24.5. The van der Waals surface area contributed by atoms with E-state index in [2.05, 4.69) is 10.3 Å². The number of nitrogens with one attached hydrogen (secondary N) is 2. The summed E-state index contributed by atoms with van der Waals surface area (Å²) in [5.41, 5.74) is 4.14. The molecule has 3 N–H and O–H groups in total. The van der Waals surface area contributed by atoms with Crippen molar-refractivity contribution in [3.8, 4) is 5.75 Å². The number of hydroxylamine groups is 1. The van der Waals surface area contributed by atoms with Gasteiger partial charge in [0.25, 0.3) is 5.91 Å². The molecular weight excluding hydrogens is 510 g/mol. The van der Waals surface area contributed by atoms with Crippen molar-refractivity contribution in [3.63, 3.8) is 0 Å². The van der Waals surface area contributed by atoms with Gasteiger partial charge < -0.3 is 19.9 Å². The number of likely N-dealkylation sites (N-methyl/N-ethyl adjacent to an activating group) is 1. The van der Waals surface area contributed by atoms with Crippen LogP contribution in [0, 0.1) is 19.8 Å². The number of benzene rings is 1. The Balaban J connectivity index is 1.86. The molecule has 2 unspecified atom stereocenters. The van der Waals surface area contributed by atoms with E-state index in [-0.39, 0.29) is 24.2 Å². The van der Waals surface area contributed by atoms with Gasteiger partial charge in [-0.3, -0.25) is 24.6 Å². The van der Waals surface area contributed by atoms with Crippen LogP contribution in [-0.4, -0.2) is 77.5 Å². The molecule has 10 nitrogen and oxygen atoms in total. The number of hydrogen-bond donors (Lipinski definition) is 3. The molecule has 1 aliphatic heterocycles. The summed E-state index contributed by atoms with van der Waals surface area (Å²) in [5.74, 6) is -0.391. The molecule has 1 fully saturated rings. The highest BCUT2D eigenvalue weighted by Gasteiger charge is 2.52. The fraction of sp³-hybridized carbons (Fsp3) is 0.533. The highest BCUT2D eigenvalue weighted by Crippen LogP contribution is 2.41. The molecule has 0 radical (unpaired) electrons. The number of amides is 3. The van der Waals surface area contributed by atoms with E-state index < -0.39 is 17.4 Å². The molecule has 40 heavy (non-hydrogen) atoms. The highest BCUT2D eigenvalue weighted by atomic mass is 16.5. The van der Waals surface area contributed by atoms with E-state index in [1.807, 2.05) is 83.1 Å². The number of ether oxygens (including phenoxy) is 1. The average molecular weight is 554 g/mol. The van der Waals surface area contributed by atoms with Crippen LogP contribution in [0.1, 0.15) is 55.6 Å². The molecule has 3 rings (SSSR count). The Hall–Kier alpha value is -3.50. The van der Waals surface area contributed by atoms with Gasteiger partial charge in [-0.25, -0.2) is 5.48 Å². The predicted molar refractivity (Wildman–Crippen MR) is 152 cm³/mol. The molecule has 2 heterocycles. The number of aromatic nitrogens is 1. The maximum absolute atomic E-state index is 14.1. The Morgan fingerprint density at radius 2 is 1.80 bits per heavy atom. The van der Waals surface area contributed by atoms with Gasteiger partial charge in [-0.05, 0) is 82.1 Å². The second-order valence-electron chi connectivity index (χ2n) is 11.4. The normalized spacial score (nSPS) is 17.8. The summed E-state index contributed by atoms with van der Waals surface area (Å²) in [6.07, 6.45) is 0.723. The molecule has 218 valence electrons. The first-order valence-corrected chi connectivity index (χ1v) is 13.8. The van der Waals surface area contributed by atoms with E-state index in [4.69, 9.17) is 4.74 Å². The van der Waals surface area contributed by atoms with Crippen molar-refractivity contribution in [2.75, 3.05) is 33.7 Å². The van der Waals surface area contributed by atoms with E-state index in [0.717, 1.165) is 17.0 Å². The van der Waals surface area contributed by atoms with Gasteiger partial charge >= 0.3 is 0 Å². The van der Waals surface area contributed by atoms with Gasteiger partial charge in [0.2, 0.25) is 11.8 Å². The van der Waals surface area contributed by atoms with Crippen molar-refractivity contribution >= 4 is 17.7 Å². The lowest BCUT2D eigenvalue weighted by Gasteiger charge is -2.32. The Morgan fingerprint density at radius 1 is 1.15 bits per heavy atom. The second-order valence-corrected chi connectivity index (χ2v) is 11.4. The first kappa shape index (κ1) is 31.0. The van der Waals surface area contributed by atoms with Crippen LogP contribution in [-0.2, 0) is 26.4 Å². The molecule has 0 aliphatic carbocycles. The molecule has 0 bridgehead atoms. The van der Waals surface area contributed by atoms with Crippen LogP contribution in [0.3, 0.4) is 0 Å². The highest BCUT2D eigenvalue weighted by molar-refractivity contribution is 5.98. The average Bonchev–Trinajstić information content (AvgIpc) is 3.21. The van der Waals surface area contributed by atoms with E-state index in [0.29, 0.717) is 50.4 Å². The van der Waals surface area contributed by atoms with Crippen LogP contribution < -0.4 is 15.5 Å². The molecular formula is C30H43N5O5. The fourth-order valence-electron chi connectivity index (χ4n) is 5.32. The summed E-state index contributed by atoms with van der Waals surface area (Å²) in [7, 11) is 3.85.